The Morgan fingerprint density at radius 2 is 1.86 bits per heavy atom. The second-order valence-corrected chi connectivity index (χ2v) is 8.13. The zero-order valence-electron chi connectivity index (χ0n) is 16.2. The van der Waals surface area contributed by atoms with Gasteiger partial charge in [-0.1, -0.05) is 34.1 Å². The average Bonchev–Trinajstić information content (AvgIpc) is 2.72. The van der Waals surface area contributed by atoms with E-state index in [1.807, 2.05) is 31.4 Å². The lowest BCUT2D eigenvalue weighted by molar-refractivity contribution is -0.149. The van der Waals surface area contributed by atoms with Gasteiger partial charge in [-0.2, -0.15) is 11.8 Å². The van der Waals surface area contributed by atoms with Crippen LogP contribution in [0.1, 0.15) is 22.3 Å². The number of halogens is 1. The Balaban J connectivity index is 1.91. The maximum Gasteiger partial charge on any atom is 0.329 e. The molecule has 29 heavy (non-hydrogen) atoms. The first kappa shape index (κ1) is 23.0. The Bertz CT molecular complexity index is 861. The second kappa shape index (κ2) is 11.6. The van der Waals surface area contributed by atoms with E-state index in [-0.39, 0.29) is 5.91 Å². The highest BCUT2D eigenvalue weighted by atomic mass is 79.9. The molecule has 1 atom stereocenters. The van der Waals surface area contributed by atoms with Crippen LogP contribution < -0.4 is 10.6 Å². The van der Waals surface area contributed by atoms with Crippen molar-refractivity contribution in [3.63, 3.8) is 0 Å². The van der Waals surface area contributed by atoms with Crippen LogP contribution >= 0.6 is 27.7 Å². The molecule has 0 aliphatic heterocycles. The summed E-state index contributed by atoms with van der Waals surface area (Å²) < 4.78 is 6.08. The number of esters is 1. The summed E-state index contributed by atoms with van der Waals surface area (Å²) in [5.74, 6) is -0.772. The van der Waals surface area contributed by atoms with Crippen molar-refractivity contribution in [2.75, 3.05) is 23.9 Å². The summed E-state index contributed by atoms with van der Waals surface area (Å²) in [6, 6.07) is 13.2. The van der Waals surface area contributed by atoms with Crippen LogP contribution in [-0.4, -0.2) is 42.4 Å². The van der Waals surface area contributed by atoms with Gasteiger partial charge in [0.2, 0.25) is 0 Å². The number of rotatable bonds is 9. The molecule has 0 aliphatic rings. The van der Waals surface area contributed by atoms with E-state index in [4.69, 9.17) is 4.74 Å². The predicted molar refractivity (Wildman–Crippen MR) is 119 cm³/mol. The summed E-state index contributed by atoms with van der Waals surface area (Å²) in [5, 5.41) is 5.38. The minimum absolute atomic E-state index is 0.358. The van der Waals surface area contributed by atoms with Crippen LogP contribution in [0.5, 0.6) is 0 Å². The zero-order chi connectivity index (χ0) is 21.2. The molecule has 2 N–H and O–H groups in total. The minimum Gasteiger partial charge on any atom is -0.454 e. The van der Waals surface area contributed by atoms with Gasteiger partial charge >= 0.3 is 5.97 Å². The van der Waals surface area contributed by atoms with Gasteiger partial charge in [0.15, 0.2) is 6.61 Å². The molecule has 2 aromatic carbocycles. The van der Waals surface area contributed by atoms with E-state index in [1.165, 1.54) is 0 Å². The van der Waals surface area contributed by atoms with Crippen LogP contribution in [0.4, 0.5) is 5.69 Å². The van der Waals surface area contributed by atoms with Gasteiger partial charge in [-0.3, -0.25) is 9.59 Å². The first-order valence-corrected chi connectivity index (χ1v) is 11.2. The molecule has 0 aliphatic carbocycles. The summed E-state index contributed by atoms with van der Waals surface area (Å²) >= 11 is 4.96. The van der Waals surface area contributed by atoms with E-state index >= 15 is 0 Å². The minimum atomic E-state index is -0.821. The fourth-order valence-electron chi connectivity index (χ4n) is 2.47. The second-order valence-electron chi connectivity index (χ2n) is 6.29. The number of ether oxygens (including phenoxy) is 1. The third-order valence-electron chi connectivity index (χ3n) is 4.02. The monoisotopic (exact) mass is 478 g/mol. The molecule has 6 nitrogen and oxygen atoms in total. The molecule has 0 saturated carbocycles. The van der Waals surface area contributed by atoms with Gasteiger partial charge < -0.3 is 15.4 Å². The molecular weight excluding hydrogens is 456 g/mol. The average molecular weight is 479 g/mol. The number of benzene rings is 2. The molecule has 0 aromatic heterocycles. The van der Waals surface area contributed by atoms with Gasteiger partial charge in [0.1, 0.15) is 6.04 Å². The van der Waals surface area contributed by atoms with Crippen molar-refractivity contribution in [2.45, 2.75) is 19.4 Å². The van der Waals surface area contributed by atoms with Crippen LogP contribution in [0.2, 0.25) is 0 Å². The summed E-state index contributed by atoms with van der Waals surface area (Å²) in [5.41, 5.74) is 2.04. The van der Waals surface area contributed by atoms with Crippen molar-refractivity contribution in [2.24, 2.45) is 0 Å². The third-order valence-corrected chi connectivity index (χ3v) is 5.56. The van der Waals surface area contributed by atoms with Gasteiger partial charge in [-0.25, -0.2) is 4.79 Å². The van der Waals surface area contributed by atoms with Crippen LogP contribution in [0.25, 0.3) is 0 Å². The molecule has 0 saturated heterocycles. The summed E-state index contributed by atoms with van der Waals surface area (Å²) in [7, 11) is 0. The van der Waals surface area contributed by atoms with Gasteiger partial charge in [0, 0.05) is 15.7 Å². The van der Waals surface area contributed by atoms with Crippen molar-refractivity contribution in [3.8, 4) is 0 Å². The first-order valence-electron chi connectivity index (χ1n) is 8.98. The molecule has 0 unspecified atom stereocenters. The van der Waals surface area contributed by atoms with Gasteiger partial charge in [0.25, 0.3) is 11.8 Å². The van der Waals surface area contributed by atoms with E-state index in [1.54, 1.807) is 42.1 Å². The molecule has 0 bridgehead atoms. The molecule has 2 aromatic rings. The van der Waals surface area contributed by atoms with Crippen molar-refractivity contribution in [3.05, 3.63) is 64.1 Å². The molecule has 0 heterocycles. The SMILES string of the molecule is CSCC[C@H](NC(=O)c1ccccc1)C(=O)OCC(=O)Nc1ccc(Br)c(C)c1. The Kier molecular flexibility index (Phi) is 9.21. The highest BCUT2D eigenvalue weighted by Crippen LogP contribution is 2.19. The van der Waals surface area contributed by atoms with E-state index in [2.05, 4.69) is 26.6 Å². The maximum atomic E-state index is 12.4. The van der Waals surface area contributed by atoms with Crippen molar-refractivity contribution < 1.29 is 19.1 Å². The van der Waals surface area contributed by atoms with Crippen LogP contribution in [-0.2, 0) is 14.3 Å². The number of anilines is 1. The number of nitrogens with one attached hydrogen (secondary N) is 2. The highest BCUT2D eigenvalue weighted by molar-refractivity contribution is 9.10. The highest BCUT2D eigenvalue weighted by Gasteiger charge is 2.23. The molecule has 0 fully saturated rings. The van der Waals surface area contributed by atoms with Crippen LogP contribution in [0.3, 0.4) is 0 Å². The Morgan fingerprint density at radius 3 is 2.52 bits per heavy atom. The fraction of sp³-hybridized carbons (Fsp3) is 0.286. The van der Waals surface area contributed by atoms with E-state index in [0.717, 1.165) is 10.0 Å². The molecular formula is C21H23BrN2O4S. The van der Waals surface area contributed by atoms with Gasteiger partial charge in [0.05, 0.1) is 0 Å². The smallest absolute Gasteiger partial charge is 0.329 e. The molecule has 2 rings (SSSR count). The topological polar surface area (TPSA) is 84.5 Å². The number of carbonyl (C=O) groups excluding carboxylic acids is 3. The lowest BCUT2D eigenvalue weighted by Crippen LogP contribution is -2.43. The number of thioether (sulfide) groups is 1. The lowest BCUT2D eigenvalue weighted by atomic mass is 10.1. The van der Waals surface area contributed by atoms with Crippen molar-refractivity contribution in [1.29, 1.82) is 0 Å². The Morgan fingerprint density at radius 1 is 1.14 bits per heavy atom. The summed E-state index contributed by atoms with van der Waals surface area (Å²) in [6.07, 6.45) is 2.32. The number of amides is 2. The van der Waals surface area contributed by atoms with Crippen molar-refractivity contribution >= 4 is 51.2 Å². The van der Waals surface area contributed by atoms with E-state index in [0.29, 0.717) is 23.4 Å². The molecule has 154 valence electrons. The number of hydrogen-bond donors (Lipinski definition) is 2. The Hall–Kier alpha value is -2.32. The van der Waals surface area contributed by atoms with Gasteiger partial charge in [-0.15, -0.1) is 0 Å². The maximum absolute atomic E-state index is 12.4. The zero-order valence-corrected chi connectivity index (χ0v) is 18.6. The largest absolute Gasteiger partial charge is 0.454 e. The normalized spacial score (nSPS) is 11.4. The van der Waals surface area contributed by atoms with Crippen molar-refractivity contribution in [1.82, 2.24) is 5.32 Å². The fourth-order valence-corrected chi connectivity index (χ4v) is 3.19. The number of aryl methyl sites for hydroxylation is 1. The third kappa shape index (κ3) is 7.55. The summed E-state index contributed by atoms with van der Waals surface area (Å²) in [4.78, 5) is 36.9. The molecule has 8 heteroatoms. The van der Waals surface area contributed by atoms with E-state index in [9.17, 15) is 14.4 Å². The lowest BCUT2D eigenvalue weighted by Gasteiger charge is -2.17. The summed E-state index contributed by atoms with van der Waals surface area (Å²) in [6.45, 7) is 1.48. The Labute approximate surface area is 182 Å². The number of hydrogen-bond acceptors (Lipinski definition) is 5. The first-order chi connectivity index (χ1) is 13.9. The number of carbonyl (C=O) groups is 3. The van der Waals surface area contributed by atoms with Crippen LogP contribution in [0.15, 0.2) is 53.0 Å². The molecule has 2 amide bonds. The molecule has 0 radical (unpaired) electrons. The van der Waals surface area contributed by atoms with E-state index < -0.39 is 24.5 Å². The quantitative estimate of drug-likeness (QED) is 0.535. The molecule has 0 spiro atoms. The standard InChI is InChI=1S/C21H23BrN2O4S/c1-14-12-16(8-9-17(14)22)23-19(25)13-28-21(27)18(10-11-29-2)24-20(26)15-6-4-3-5-7-15/h3-9,12,18H,10-11,13H2,1-2H3,(H,23,25)(H,24,26)/t18-/m0/s1. The van der Waals surface area contributed by atoms with Gasteiger partial charge in [-0.05, 0) is 61.2 Å². The van der Waals surface area contributed by atoms with Crippen LogP contribution in [0, 0.1) is 6.92 Å². The predicted octanol–water partition coefficient (Wildman–Crippen LogP) is 3.79.